The number of nitrogens with one attached hydrogen (secondary N) is 2. The topological polar surface area (TPSA) is 81.7 Å². The van der Waals surface area contributed by atoms with Crippen LogP contribution in [0.4, 0.5) is 4.79 Å². The first-order valence-corrected chi connectivity index (χ1v) is 9.95. The van der Waals surface area contributed by atoms with Crippen molar-refractivity contribution in [1.29, 1.82) is 0 Å². The first-order chi connectivity index (χ1) is 12.8. The fourth-order valence-corrected chi connectivity index (χ4v) is 3.64. The van der Waals surface area contributed by atoms with Crippen LogP contribution < -0.4 is 10.6 Å². The van der Waals surface area contributed by atoms with Crippen LogP contribution in [0.3, 0.4) is 0 Å². The number of benzene rings is 1. The zero-order valence-corrected chi connectivity index (χ0v) is 16.9. The molecule has 0 saturated heterocycles. The molecule has 0 heterocycles. The van der Waals surface area contributed by atoms with Crippen molar-refractivity contribution in [2.75, 3.05) is 13.1 Å². The molecule has 1 fully saturated rings. The van der Waals surface area contributed by atoms with E-state index in [0.717, 1.165) is 24.8 Å². The monoisotopic (exact) mass is 375 g/mol. The van der Waals surface area contributed by atoms with E-state index >= 15 is 0 Å². The Morgan fingerprint density at radius 2 is 1.81 bits per heavy atom. The molecule has 1 unspecified atom stereocenters. The molecule has 1 saturated carbocycles. The molecule has 3 N–H and O–H groups in total. The molecule has 0 aliphatic heterocycles. The summed E-state index contributed by atoms with van der Waals surface area (Å²) in [5, 5.41) is 15.1. The third kappa shape index (κ3) is 5.96. The minimum absolute atomic E-state index is 0.0362. The van der Waals surface area contributed by atoms with E-state index in [1.165, 1.54) is 5.56 Å². The smallest absolute Gasteiger partial charge is 0.317 e. The molecule has 2 rings (SSSR count). The van der Waals surface area contributed by atoms with Gasteiger partial charge in [0, 0.05) is 12.1 Å². The van der Waals surface area contributed by atoms with E-state index in [1.807, 2.05) is 11.8 Å². The molecule has 1 aromatic rings. The number of aryl methyl sites for hydroxylation is 1. The quantitative estimate of drug-likeness (QED) is 0.619. The van der Waals surface area contributed by atoms with Crippen LogP contribution >= 0.6 is 0 Å². The van der Waals surface area contributed by atoms with E-state index in [0.29, 0.717) is 6.54 Å². The Hall–Kier alpha value is -2.08. The summed E-state index contributed by atoms with van der Waals surface area (Å²) in [5.41, 5.74) is 2.40. The normalized spacial score (nSPS) is 20.2. The van der Waals surface area contributed by atoms with Gasteiger partial charge in [0.2, 0.25) is 0 Å². The van der Waals surface area contributed by atoms with Gasteiger partial charge < -0.3 is 15.7 Å². The Balaban J connectivity index is 1.85. The number of likely N-dealkylation sites (N-methyl/N-ethyl adjacent to an activating group) is 1. The van der Waals surface area contributed by atoms with Gasteiger partial charge in [-0.2, -0.15) is 0 Å². The summed E-state index contributed by atoms with van der Waals surface area (Å²) in [7, 11) is 0. The fraction of sp³-hybridized carbons (Fsp3) is 0.619. The molecule has 27 heavy (non-hydrogen) atoms. The molecule has 6 nitrogen and oxygen atoms in total. The van der Waals surface area contributed by atoms with Gasteiger partial charge in [0.05, 0.1) is 12.6 Å². The summed E-state index contributed by atoms with van der Waals surface area (Å²) in [6, 6.07) is 8.56. The van der Waals surface area contributed by atoms with Gasteiger partial charge in [0.25, 0.3) is 0 Å². The highest BCUT2D eigenvalue weighted by Gasteiger charge is 2.35. The summed E-state index contributed by atoms with van der Waals surface area (Å²) in [6.45, 7) is 9.06. The number of hydrogen-bond acceptors (Lipinski definition) is 3. The SMILES string of the molecule is CCc1ccc(C(NC(=O)NC2CC(N(CC)CC(=O)O)C2)C(C)C)cc1. The van der Waals surface area contributed by atoms with Crippen LogP contribution in [-0.4, -0.2) is 47.2 Å². The van der Waals surface area contributed by atoms with Crippen molar-refractivity contribution in [3.63, 3.8) is 0 Å². The first-order valence-electron chi connectivity index (χ1n) is 9.95. The third-order valence-electron chi connectivity index (χ3n) is 5.41. The Labute approximate surface area is 162 Å². The third-order valence-corrected chi connectivity index (χ3v) is 5.41. The molecule has 0 spiro atoms. The number of hydrogen-bond donors (Lipinski definition) is 3. The van der Waals surface area contributed by atoms with E-state index in [-0.39, 0.29) is 36.6 Å². The van der Waals surface area contributed by atoms with E-state index in [1.54, 1.807) is 0 Å². The number of amides is 2. The minimum Gasteiger partial charge on any atom is -0.480 e. The largest absolute Gasteiger partial charge is 0.480 e. The lowest BCUT2D eigenvalue weighted by Gasteiger charge is -2.42. The van der Waals surface area contributed by atoms with Crippen LogP contribution in [0.15, 0.2) is 24.3 Å². The predicted molar refractivity (Wildman–Crippen MR) is 107 cm³/mol. The number of nitrogens with zero attached hydrogens (tertiary/aromatic N) is 1. The molecule has 1 atom stereocenters. The molecule has 2 amide bonds. The zero-order chi connectivity index (χ0) is 20.0. The van der Waals surface area contributed by atoms with Crippen molar-refractivity contribution >= 4 is 12.0 Å². The first kappa shape index (κ1) is 21.2. The second-order valence-electron chi connectivity index (χ2n) is 7.71. The van der Waals surface area contributed by atoms with Crippen molar-refractivity contribution in [3.05, 3.63) is 35.4 Å². The number of carboxylic acids is 1. The molecular formula is C21H33N3O3. The molecule has 6 heteroatoms. The van der Waals surface area contributed by atoms with Crippen LogP contribution in [0.5, 0.6) is 0 Å². The minimum atomic E-state index is -0.806. The molecule has 150 valence electrons. The standard InChI is InChI=1S/C21H33N3O3/c1-5-15-7-9-16(10-8-15)20(14(3)4)23-21(27)22-17-11-18(12-17)24(6-2)13-19(25)26/h7-10,14,17-18,20H,5-6,11-13H2,1-4H3,(H,25,26)(H2,22,23,27). The Morgan fingerprint density at radius 1 is 1.19 bits per heavy atom. The predicted octanol–water partition coefficient (Wildman–Crippen LogP) is 3.18. The lowest BCUT2D eigenvalue weighted by atomic mass is 9.85. The van der Waals surface area contributed by atoms with E-state index in [4.69, 9.17) is 5.11 Å². The van der Waals surface area contributed by atoms with Gasteiger partial charge in [0.1, 0.15) is 0 Å². The van der Waals surface area contributed by atoms with Gasteiger partial charge in [0.15, 0.2) is 0 Å². The lowest BCUT2D eigenvalue weighted by molar-refractivity contribution is -0.139. The highest BCUT2D eigenvalue weighted by Crippen LogP contribution is 2.26. The second-order valence-corrected chi connectivity index (χ2v) is 7.71. The highest BCUT2D eigenvalue weighted by atomic mass is 16.4. The maximum absolute atomic E-state index is 12.5. The number of rotatable bonds is 9. The molecule has 0 bridgehead atoms. The maximum Gasteiger partial charge on any atom is 0.317 e. The highest BCUT2D eigenvalue weighted by molar-refractivity contribution is 5.75. The Kier molecular flexibility index (Phi) is 7.66. The number of carbonyl (C=O) groups is 2. The number of carboxylic acid groups (broad SMARTS) is 1. The van der Waals surface area contributed by atoms with Crippen LogP contribution in [0.1, 0.15) is 57.7 Å². The average Bonchev–Trinajstić information content (AvgIpc) is 2.60. The summed E-state index contributed by atoms with van der Waals surface area (Å²) < 4.78 is 0. The van der Waals surface area contributed by atoms with Crippen LogP contribution in [0.2, 0.25) is 0 Å². The number of carbonyl (C=O) groups excluding carboxylic acids is 1. The van der Waals surface area contributed by atoms with Gasteiger partial charge in [-0.15, -0.1) is 0 Å². The van der Waals surface area contributed by atoms with Crippen LogP contribution in [-0.2, 0) is 11.2 Å². The van der Waals surface area contributed by atoms with Gasteiger partial charge in [-0.25, -0.2) is 4.79 Å². The molecule has 1 aliphatic rings. The molecule has 0 aromatic heterocycles. The lowest BCUT2D eigenvalue weighted by Crippen LogP contribution is -2.56. The number of urea groups is 1. The van der Waals surface area contributed by atoms with Gasteiger partial charge in [-0.1, -0.05) is 52.0 Å². The Bertz CT molecular complexity index is 624. The van der Waals surface area contributed by atoms with E-state index < -0.39 is 5.97 Å². The molecule has 1 aliphatic carbocycles. The van der Waals surface area contributed by atoms with E-state index in [2.05, 4.69) is 55.7 Å². The summed E-state index contributed by atoms with van der Waals surface area (Å²) in [6.07, 6.45) is 2.60. The average molecular weight is 376 g/mol. The van der Waals surface area contributed by atoms with Crippen molar-refractivity contribution in [3.8, 4) is 0 Å². The molecule has 1 aromatic carbocycles. The summed E-state index contributed by atoms with van der Waals surface area (Å²) in [5.74, 6) is -0.525. The maximum atomic E-state index is 12.5. The molecule has 0 radical (unpaired) electrons. The van der Waals surface area contributed by atoms with Gasteiger partial charge in [-0.3, -0.25) is 9.69 Å². The van der Waals surface area contributed by atoms with Crippen molar-refractivity contribution < 1.29 is 14.7 Å². The van der Waals surface area contributed by atoms with Crippen molar-refractivity contribution in [2.45, 2.75) is 65.1 Å². The van der Waals surface area contributed by atoms with Crippen molar-refractivity contribution in [2.24, 2.45) is 5.92 Å². The number of aliphatic carboxylic acids is 1. The van der Waals surface area contributed by atoms with Gasteiger partial charge in [-0.05, 0) is 42.9 Å². The Morgan fingerprint density at radius 3 is 2.30 bits per heavy atom. The molecular weight excluding hydrogens is 342 g/mol. The van der Waals surface area contributed by atoms with Gasteiger partial charge >= 0.3 is 12.0 Å². The summed E-state index contributed by atoms with van der Waals surface area (Å²) >= 11 is 0. The zero-order valence-electron chi connectivity index (χ0n) is 16.9. The van der Waals surface area contributed by atoms with Crippen LogP contribution in [0, 0.1) is 5.92 Å². The fourth-order valence-electron chi connectivity index (χ4n) is 3.64. The summed E-state index contributed by atoms with van der Waals surface area (Å²) in [4.78, 5) is 25.3. The van der Waals surface area contributed by atoms with Crippen LogP contribution in [0.25, 0.3) is 0 Å². The second kappa shape index (κ2) is 9.74. The van der Waals surface area contributed by atoms with Crippen molar-refractivity contribution in [1.82, 2.24) is 15.5 Å². The van der Waals surface area contributed by atoms with E-state index in [9.17, 15) is 9.59 Å².